The number of carbonyl (C=O) groups is 1. The molecular weight excluding hydrogens is 560 g/mol. The first-order chi connectivity index (χ1) is 21.4. The number of aromatic nitrogens is 6. The van der Waals surface area contributed by atoms with Crippen LogP contribution in [0.2, 0.25) is 0 Å². The maximum Gasteiger partial charge on any atom is 0.246 e. The number of benzene rings is 1. The number of nitrogens with zero attached hydrogens (tertiary/aromatic N) is 9. The molecule has 1 saturated heterocycles. The highest BCUT2D eigenvalue weighted by Crippen LogP contribution is 2.36. The number of hydrogen-bond acceptors (Lipinski definition) is 11. The van der Waals surface area contributed by atoms with Gasteiger partial charge in [-0.25, -0.2) is 24.5 Å². The Hall–Kier alpha value is -5.30. The average molecular weight is 593 g/mol. The summed E-state index contributed by atoms with van der Waals surface area (Å²) in [6.07, 6.45) is 8.38. The Morgan fingerprint density at radius 3 is 2.91 bits per heavy atom. The highest BCUT2D eigenvalue weighted by Gasteiger charge is 2.35. The molecule has 1 amide bonds. The van der Waals surface area contributed by atoms with Gasteiger partial charge in [0.1, 0.15) is 36.3 Å². The summed E-state index contributed by atoms with van der Waals surface area (Å²) in [4.78, 5) is 37.2. The third-order valence-electron chi connectivity index (χ3n) is 7.70. The summed E-state index contributed by atoms with van der Waals surface area (Å²) in [5.41, 5.74) is 3.80. The van der Waals surface area contributed by atoms with Gasteiger partial charge in [-0.05, 0) is 50.8 Å². The Morgan fingerprint density at radius 2 is 2.05 bits per heavy atom. The minimum Gasteiger partial charge on any atom is -0.487 e. The number of rotatable bonds is 7. The zero-order valence-corrected chi connectivity index (χ0v) is 24.7. The third-order valence-corrected chi connectivity index (χ3v) is 7.70. The van der Waals surface area contributed by atoms with E-state index in [2.05, 4.69) is 30.3 Å². The van der Waals surface area contributed by atoms with E-state index < -0.39 is 0 Å². The van der Waals surface area contributed by atoms with Crippen molar-refractivity contribution in [1.82, 2.24) is 39.3 Å². The largest absolute Gasteiger partial charge is 0.487 e. The van der Waals surface area contributed by atoms with Crippen molar-refractivity contribution in [2.45, 2.75) is 13.0 Å². The molecule has 0 spiro atoms. The van der Waals surface area contributed by atoms with Gasteiger partial charge in [0, 0.05) is 56.3 Å². The summed E-state index contributed by atoms with van der Waals surface area (Å²) in [5, 5.41) is 7.54. The number of amides is 1. The van der Waals surface area contributed by atoms with Crippen LogP contribution in [0.5, 0.6) is 17.2 Å². The zero-order valence-electron chi connectivity index (χ0n) is 24.7. The van der Waals surface area contributed by atoms with Crippen molar-refractivity contribution in [3.63, 3.8) is 0 Å². The summed E-state index contributed by atoms with van der Waals surface area (Å²) < 4.78 is 14.0. The van der Waals surface area contributed by atoms with E-state index in [1.165, 1.54) is 12.7 Å². The van der Waals surface area contributed by atoms with Gasteiger partial charge in [0.15, 0.2) is 23.0 Å². The van der Waals surface area contributed by atoms with Gasteiger partial charge >= 0.3 is 0 Å². The summed E-state index contributed by atoms with van der Waals surface area (Å²) in [7, 11) is 3.95. The van der Waals surface area contributed by atoms with Crippen molar-refractivity contribution < 1.29 is 14.3 Å². The number of nitrogens with one attached hydrogen (secondary N) is 1. The number of ether oxygens (including phenoxy) is 2. The van der Waals surface area contributed by atoms with Crippen molar-refractivity contribution in [1.29, 1.82) is 0 Å². The first-order valence-electron chi connectivity index (χ1n) is 14.4. The van der Waals surface area contributed by atoms with Gasteiger partial charge in [0.05, 0.1) is 11.6 Å². The summed E-state index contributed by atoms with van der Waals surface area (Å²) in [6, 6.07) is 11.4. The highest BCUT2D eigenvalue weighted by atomic mass is 16.5. The number of carbonyl (C=O) groups excluding carboxylic acids is 1. The minimum atomic E-state index is -0.0803. The van der Waals surface area contributed by atoms with Crippen LogP contribution in [-0.4, -0.2) is 98.2 Å². The predicted molar refractivity (Wildman–Crippen MR) is 166 cm³/mol. The molecule has 13 heteroatoms. The highest BCUT2D eigenvalue weighted by molar-refractivity contribution is 5.90. The van der Waals surface area contributed by atoms with E-state index >= 15 is 0 Å². The molecule has 0 aliphatic carbocycles. The topological polar surface area (TPSA) is 126 Å². The van der Waals surface area contributed by atoms with Gasteiger partial charge in [-0.3, -0.25) is 4.79 Å². The summed E-state index contributed by atoms with van der Waals surface area (Å²) in [6.45, 7) is 4.98. The van der Waals surface area contributed by atoms with Gasteiger partial charge in [0.25, 0.3) is 0 Å². The van der Waals surface area contributed by atoms with E-state index in [1.807, 2.05) is 79.5 Å². The quantitative estimate of drug-likeness (QED) is 0.279. The fourth-order valence-corrected chi connectivity index (χ4v) is 5.47. The van der Waals surface area contributed by atoms with Gasteiger partial charge in [-0.15, -0.1) is 0 Å². The Bertz CT molecular complexity index is 1890. The predicted octanol–water partition coefficient (Wildman–Crippen LogP) is 3.44. The first-order valence-corrected chi connectivity index (χ1v) is 14.4. The third kappa shape index (κ3) is 5.44. The molecule has 0 radical (unpaired) electrons. The lowest BCUT2D eigenvalue weighted by Gasteiger charge is -2.39. The Morgan fingerprint density at radius 1 is 1.14 bits per heavy atom. The average Bonchev–Trinajstić information content (AvgIpc) is 3.44. The van der Waals surface area contributed by atoms with Crippen LogP contribution in [0.4, 0.5) is 17.3 Å². The molecule has 2 aliphatic heterocycles. The van der Waals surface area contributed by atoms with Crippen molar-refractivity contribution >= 4 is 39.9 Å². The first kappa shape index (κ1) is 27.5. The van der Waals surface area contributed by atoms with Crippen LogP contribution in [0.15, 0.2) is 67.4 Å². The van der Waals surface area contributed by atoms with Gasteiger partial charge in [-0.2, -0.15) is 5.10 Å². The normalized spacial score (nSPS) is 16.3. The molecule has 2 bridgehead atoms. The van der Waals surface area contributed by atoms with Gasteiger partial charge in [-0.1, -0.05) is 6.08 Å². The van der Waals surface area contributed by atoms with Gasteiger partial charge < -0.3 is 29.5 Å². The Kier molecular flexibility index (Phi) is 7.14. The van der Waals surface area contributed by atoms with E-state index in [-0.39, 0.29) is 11.9 Å². The molecule has 4 aromatic heterocycles. The van der Waals surface area contributed by atoms with Crippen LogP contribution in [0.3, 0.4) is 0 Å². The molecule has 7 rings (SSSR count). The Balaban J connectivity index is 1.10. The molecule has 224 valence electrons. The molecule has 0 saturated carbocycles. The second-order valence-electron chi connectivity index (χ2n) is 11.1. The molecule has 44 heavy (non-hydrogen) atoms. The van der Waals surface area contributed by atoms with E-state index in [0.29, 0.717) is 66.8 Å². The monoisotopic (exact) mass is 592 g/mol. The fourth-order valence-electron chi connectivity index (χ4n) is 5.47. The molecule has 1 atom stereocenters. The summed E-state index contributed by atoms with van der Waals surface area (Å²) in [5.74, 6) is 3.39. The smallest absolute Gasteiger partial charge is 0.246 e. The van der Waals surface area contributed by atoms with Crippen LogP contribution < -0.4 is 19.7 Å². The van der Waals surface area contributed by atoms with E-state index in [9.17, 15) is 4.79 Å². The number of aryl methyl sites for hydroxylation is 1. The van der Waals surface area contributed by atoms with Crippen LogP contribution >= 0.6 is 0 Å². The maximum atomic E-state index is 12.9. The molecule has 1 unspecified atom stereocenters. The van der Waals surface area contributed by atoms with Crippen molar-refractivity contribution in [3.8, 4) is 17.2 Å². The molecule has 2 aliphatic rings. The second kappa shape index (κ2) is 11.4. The fraction of sp³-hybridized carbons (Fsp3) is 0.290. The SMILES string of the molecule is Cc1cc(Nc2ncnc3cc4c(nc23)N2CCN(C(=O)/C=C/CN(C)C)C(CO4)C2)ccc1Oc1ccn2ncnc2c1. The lowest BCUT2D eigenvalue weighted by atomic mass is 10.1. The molecule has 1 aromatic carbocycles. The molecule has 13 nitrogen and oxygen atoms in total. The van der Waals surface area contributed by atoms with E-state index in [4.69, 9.17) is 14.5 Å². The molecular formula is C31H32N10O3. The van der Waals surface area contributed by atoms with E-state index in [0.717, 1.165) is 22.8 Å². The molecule has 1 fully saturated rings. The minimum absolute atomic E-state index is 0.00429. The maximum absolute atomic E-state index is 12.9. The van der Waals surface area contributed by atoms with Crippen molar-refractivity contribution in [2.75, 3.05) is 57.1 Å². The summed E-state index contributed by atoms with van der Waals surface area (Å²) >= 11 is 0. The number of fused-ring (bicyclic) bond motifs is 6. The Labute approximate surface area is 253 Å². The second-order valence-corrected chi connectivity index (χ2v) is 11.1. The zero-order chi connectivity index (χ0) is 30.2. The van der Waals surface area contributed by atoms with Crippen LogP contribution in [0.1, 0.15) is 5.56 Å². The van der Waals surface area contributed by atoms with Crippen molar-refractivity contribution in [3.05, 3.63) is 73.0 Å². The van der Waals surface area contributed by atoms with Crippen LogP contribution in [0.25, 0.3) is 16.7 Å². The number of pyridine rings is 2. The molecule has 6 heterocycles. The van der Waals surface area contributed by atoms with Gasteiger partial charge in [0.2, 0.25) is 5.91 Å². The lowest BCUT2D eigenvalue weighted by molar-refractivity contribution is -0.129. The van der Waals surface area contributed by atoms with Crippen LogP contribution in [-0.2, 0) is 4.79 Å². The lowest BCUT2D eigenvalue weighted by Crippen LogP contribution is -2.56. The number of likely N-dealkylation sites (N-methyl/N-ethyl adjacent to an activating group) is 1. The molecule has 1 N–H and O–H groups in total. The number of piperazine rings is 1. The standard InChI is InChI=1S/C31H32N10O3/c1-20-13-21(6-7-25(20)44-23-8-10-41-27(14-23)33-19-35-41)36-30-29-24(32-18-34-30)15-26-31(37-29)39-11-12-40(22(16-39)17-43-26)28(42)5-4-9-38(2)3/h4-8,10,13-15,18-19,22H,9,11-12,16-17H2,1-3H3,(H,32,34,36)/b5-4+. The number of anilines is 3. The van der Waals surface area contributed by atoms with Crippen LogP contribution in [0, 0.1) is 6.92 Å². The van der Waals surface area contributed by atoms with E-state index in [1.54, 1.807) is 10.6 Å². The number of hydrogen-bond donors (Lipinski definition) is 1. The molecule has 5 aromatic rings. The van der Waals surface area contributed by atoms with Crippen molar-refractivity contribution in [2.24, 2.45) is 0 Å².